The molecule has 0 bridgehead atoms. The van der Waals surface area contributed by atoms with E-state index in [1.807, 2.05) is 27.0 Å². The smallest absolute Gasteiger partial charge is 0.00399 e. The second kappa shape index (κ2) is 16.1. The third-order valence-electron chi connectivity index (χ3n) is 1.39. The Hall–Kier alpha value is -0.340. The molecule has 0 aromatic heterocycles. The summed E-state index contributed by atoms with van der Waals surface area (Å²) in [6.07, 6.45) is 4.14. The number of allylic oxidation sites excluding steroid dienone is 1. The molecule has 0 saturated heterocycles. The maximum absolute atomic E-state index is 5.17. The van der Waals surface area contributed by atoms with Crippen molar-refractivity contribution in [1.82, 2.24) is 5.32 Å². The number of nitrogens with one attached hydrogen (secondary N) is 1. The van der Waals surface area contributed by atoms with Crippen molar-refractivity contribution in [3.8, 4) is 0 Å². The van der Waals surface area contributed by atoms with Crippen LogP contribution in [0, 0.1) is 5.41 Å². The third kappa shape index (κ3) is 41.9. The minimum absolute atomic E-state index is 0.432. The molecule has 0 rings (SSSR count). The molecule has 3 N–H and O–H groups in total. The summed E-state index contributed by atoms with van der Waals surface area (Å²) in [6.45, 7) is 16.1. The van der Waals surface area contributed by atoms with Crippen LogP contribution in [0.4, 0.5) is 0 Å². The van der Waals surface area contributed by atoms with Crippen LogP contribution < -0.4 is 11.1 Å². The molecule has 0 aliphatic rings. The highest BCUT2D eigenvalue weighted by Crippen LogP contribution is 2.17. The number of hydrogen-bond acceptors (Lipinski definition) is 2. The SMILES string of the molecule is C=CCC(C)(C)C.CC.CNCCCN. The normalized spacial score (nSPS) is 9.27. The first kappa shape index (κ1) is 20.1. The van der Waals surface area contributed by atoms with Gasteiger partial charge in [0.25, 0.3) is 0 Å². The van der Waals surface area contributed by atoms with Crippen molar-refractivity contribution in [2.45, 2.75) is 47.5 Å². The van der Waals surface area contributed by atoms with Crippen LogP contribution in [-0.2, 0) is 0 Å². The van der Waals surface area contributed by atoms with E-state index in [1.54, 1.807) is 0 Å². The monoisotopic (exact) mass is 216 g/mol. The molecular weight excluding hydrogens is 184 g/mol. The molecule has 0 radical (unpaired) electrons. The van der Waals surface area contributed by atoms with Crippen LogP contribution >= 0.6 is 0 Å². The van der Waals surface area contributed by atoms with Gasteiger partial charge in [-0.25, -0.2) is 0 Å². The average Bonchev–Trinajstić information content (AvgIpc) is 2.17. The van der Waals surface area contributed by atoms with Crippen LogP contribution in [-0.4, -0.2) is 20.1 Å². The Kier molecular flexibility index (Phi) is 21.6. The first-order valence-corrected chi connectivity index (χ1v) is 5.93. The Labute approximate surface area is 97.3 Å². The van der Waals surface area contributed by atoms with Gasteiger partial charge < -0.3 is 11.1 Å². The average molecular weight is 216 g/mol. The van der Waals surface area contributed by atoms with Crippen molar-refractivity contribution in [1.29, 1.82) is 0 Å². The summed E-state index contributed by atoms with van der Waals surface area (Å²) in [5.74, 6) is 0. The maximum atomic E-state index is 5.17. The standard InChI is InChI=1S/C7H14.C4H12N2.C2H6/c1-5-6-7(2,3)4;1-6-4-2-3-5;1-2/h5H,1,6H2,2-4H3;6H,2-5H2,1H3;1-2H3. The molecule has 94 valence electrons. The van der Waals surface area contributed by atoms with Gasteiger partial charge in [0.1, 0.15) is 0 Å². The van der Waals surface area contributed by atoms with Gasteiger partial charge in [0.15, 0.2) is 0 Å². The molecule has 0 unspecified atom stereocenters. The molecule has 0 aliphatic heterocycles. The van der Waals surface area contributed by atoms with Crippen molar-refractivity contribution in [2.75, 3.05) is 20.1 Å². The molecule has 0 heterocycles. The van der Waals surface area contributed by atoms with Gasteiger partial charge in [-0.3, -0.25) is 0 Å². The zero-order valence-corrected chi connectivity index (χ0v) is 11.7. The number of hydrogen-bond donors (Lipinski definition) is 2. The van der Waals surface area contributed by atoms with Crippen LogP contribution in [0.2, 0.25) is 0 Å². The lowest BCUT2D eigenvalue weighted by molar-refractivity contribution is 0.421. The van der Waals surface area contributed by atoms with E-state index in [4.69, 9.17) is 5.73 Å². The van der Waals surface area contributed by atoms with Crippen molar-refractivity contribution in [2.24, 2.45) is 11.1 Å². The van der Waals surface area contributed by atoms with Gasteiger partial charge in [-0.2, -0.15) is 0 Å². The van der Waals surface area contributed by atoms with Gasteiger partial charge in [0.05, 0.1) is 0 Å². The zero-order chi connectivity index (χ0) is 12.7. The Morgan fingerprint density at radius 3 is 1.80 bits per heavy atom. The van der Waals surface area contributed by atoms with Gasteiger partial charge in [-0.05, 0) is 38.4 Å². The number of nitrogens with two attached hydrogens (primary N) is 1. The van der Waals surface area contributed by atoms with E-state index in [-0.39, 0.29) is 0 Å². The summed E-state index contributed by atoms with van der Waals surface area (Å²) in [5.41, 5.74) is 5.61. The quantitative estimate of drug-likeness (QED) is 0.559. The fourth-order valence-electron chi connectivity index (χ4n) is 0.712. The molecule has 0 spiro atoms. The Morgan fingerprint density at radius 2 is 1.73 bits per heavy atom. The first-order chi connectivity index (χ1) is 6.97. The van der Waals surface area contributed by atoms with Gasteiger partial charge >= 0.3 is 0 Å². The van der Waals surface area contributed by atoms with Gasteiger partial charge in [0.2, 0.25) is 0 Å². The van der Waals surface area contributed by atoms with Crippen LogP contribution in [0.25, 0.3) is 0 Å². The zero-order valence-electron chi connectivity index (χ0n) is 11.7. The molecule has 2 heteroatoms. The molecular formula is C13H32N2. The van der Waals surface area contributed by atoms with E-state index in [9.17, 15) is 0 Å². The topological polar surface area (TPSA) is 38.0 Å². The van der Waals surface area contributed by atoms with E-state index in [0.717, 1.165) is 25.9 Å². The molecule has 0 fully saturated rings. The highest BCUT2D eigenvalue weighted by atomic mass is 14.8. The van der Waals surface area contributed by atoms with Crippen LogP contribution in [0.1, 0.15) is 47.5 Å². The summed E-state index contributed by atoms with van der Waals surface area (Å²) >= 11 is 0. The summed E-state index contributed by atoms with van der Waals surface area (Å²) in [5, 5.41) is 2.99. The summed E-state index contributed by atoms with van der Waals surface area (Å²) in [4.78, 5) is 0. The van der Waals surface area contributed by atoms with Gasteiger partial charge in [0, 0.05) is 0 Å². The lowest BCUT2D eigenvalue weighted by atomic mass is 9.93. The minimum atomic E-state index is 0.432. The molecule has 0 aliphatic carbocycles. The minimum Gasteiger partial charge on any atom is -0.330 e. The van der Waals surface area contributed by atoms with Crippen molar-refractivity contribution in [3.63, 3.8) is 0 Å². The molecule has 0 saturated carbocycles. The van der Waals surface area contributed by atoms with E-state index in [2.05, 4.69) is 32.7 Å². The highest BCUT2D eigenvalue weighted by Gasteiger charge is 2.04. The lowest BCUT2D eigenvalue weighted by Gasteiger charge is -2.13. The van der Waals surface area contributed by atoms with Crippen molar-refractivity contribution < 1.29 is 0 Å². The molecule has 0 aromatic carbocycles. The molecule has 2 nitrogen and oxygen atoms in total. The predicted octanol–water partition coefficient (Wildman–Crippen LogP) is 3.19. The second-order valence-electron chi connectivity index (χ2n) is 4.30. The second-order valence-corrected chi connectivity index (χ2v) is 4.30. The van der Waals surface area contributed by atoms with E-state index >= 15 is 0 Å². The molecule has 0 amide bonds. The van der Waals surface area contributed by atoms with Crippen LogP contribution in [0.3, 0.4) is 0 Å². The third-order valence-corrected chi connectivity index (χ3v) is 1.39. The Bertz CT molecular complexity index is 99.6. The fourth-order valence-corrected chi connectivity index (χ4v) is 0.712. The highest BCUT2D eigenvalue weighted by molar-refractivity contribution is 4.75. The summed E-state index contributed by atoms with van der Waals surface area (Å²) < 4.78 is 0. The van der Waals surface area contributed by atoms with Gasteiger partial charge in [-0.1, -0.05) is 40.7 Å². The fraction of sp³-hybridized carbons (Fsp3) is 0.846. The Morgan fingerprint density at radius 1 is 1.27 bits per heavy atom. The molecule has 0 atom stereocenters. The predicted molar refractivity (Wildman–Crippen MR) is 73.2 cm³/mol. The Balaban J connectivity index is -0.000000166. The molecule has 15 heavy (non-hydrogen) atoms. The van der Waals surface area contributed by atoms with E-state index in [0.29, 0.717) is 5.41 Å². The first-order valence-electron chi connectivity index (χ1n) is 5.93. The van der Waals surface area contributed by atoms with Crippen molar-refractivity contribution >= 4 is 0 Å². The largest absolute Gasteiger partial charge is 0.330 e. The van der Waals surface area contributed by atoms with Crippen molar-refractivity contribution in [3.05, 3.63) is 12.7 Å². The molecule has 0 aromatic rings. The summed E-state index contributed by atoms with van der Waals surface area (Å²) in [6, 6.07) is 0. The van der Waals surface area contributed by atoms with Gasteiger partial charge in [-0.15, -0.1) is 6.58 Å². The number of rotatable bonds is 4. The van der Waals surface area contributed by atoms with E-state index < -0.39 is 0 Å². The van der Waals surface area contributed by atoms with E-state index in [1.165, 1.54) is 0 Å². The maximum Gasteiger partial charge on any atom is -0.00399 e. The lowest BCUT2D eigenvalue weighted by Crippen LogP contribution is -2.12. The summed E-state index contributed by atoms with van der Waals surface area (Å²) in [7, 11) is 1.93. The van der Waals surface area contributed by atoms with Crippen LogP contribution in [0.15, 0.2) is 12.7 Å². The van der Waals surface area contributed by atoms with Crippen LogP contribution in [0.5, 0.6) is 0 Å².